The van der Waals surface area contributed by atoms with Crippen molar-refractivity contribution in [2.75, 3.05) is 13.7 Å². The number of hydrogen-bond acceptors (Lipinski definition) is 6. The number of allylic oxidation sites excluding steroid dienone is 1. The van der Waals surface area contributed by atoms with Crippen molar-refractivity contribution < 1.29 is 14.3 Å². The number of nitrogens with zero attached hydrogens (tertiary/aromatic N) is 2. The first-order valence-corrected chi connectivity index (χ1v) is 10.1. The van der Waals surface area contributed by atoms with Crippen LogP contribution >= 0.6 is 11.3 Å². The summed E-state index contributed by atoms with van der Waals surface area (Å²) in [6, 6.07) is 1.48. The Morgan fingerprint density at radius 2 is 2.21 bits per heavy atom. The van der Waals surface area contributed by atoms with Crippen LogP contribution in [0.15, 0.2) is 38.0 Å². The molecule has 3 rings (SSSR count). The van der Waals surface area contributed by atoms with Crippen molar-refractivity contribution in [3.05, 3.63) is 44.7 Å². The number of aryl methyl sites for hydroxylation is 1. The first-order chi connectivity index (χ1) is 14.0. The van der Waals surface area contributed by atoms with Gasteiger partial charge < -0.3 is 15.5 Å². The van der Waals surface area contributed by atoms with Gasteiger partial charge in [0.2, 0.25) is 5.56 Å². The number of carbonyl (C=O) groups excluding carboxylic acids is 2. The number of aromatic amines is 1. The lowest BCUT2D eigenvalue weighted by Crippen LogP contribution is -2.16. The fourth-order valence-electron chi connectivity index (χ4n) is 3.01. The van der Waals surface area contributed by atoms with Crippen molar-refractivity contribution in [1.82, 2.24) is 4.98 Å². The molecule has 3 heterocycles. The largest absolute Gasteiger partial charge is 0.387 e. The topological polar surface area (TPSA) is 127 Å². The second-order valence-electron chi connectivity index (χ2n) is 6.61. The van der Waals surface area contributed by atoms with Gasteiger partial charge >= 0.3 is 0 Å². The number of hydrogen-bond donors (Lipinski definition) is 2. The van der Waals surface area contributed by atoms with Crippen LogP contribution in [0.3, 0.4) is 0 Å². The highest BCUT2D eigenvalue weighted by Crippen LogP contribution is 2.27. The van der Waals surface area contributed by atoms with Crippen LogP contribution in [0.5, 0.6) is 0 Å². The Balaban J connectivity index is 1.78. The summed E-state index contributed by atoms with van der Waals surface area (Å²) in [6.07, 6.45) is 6.78. The number of aromatic nitrogens is 1. The van der Waals surface area contributed by atoms with E-state index in [4.69, 9.17) is 10.5 Å². The van der Waals surface area contributed by atoms with Gasteiger partial charge in [0.25, 0.3) is 5.91 Å². The first kappa shape index (κ1) is 20.8. The van der Waals surface area contributed by atoms with E-state index in [9.17, 15) is 14.4 Å². The maximum atomic E-state index is 12.2. The van der Waals surface area contributed by atoms with Gasteiger partial charge in [-0.15, -0.1) is 11.3 Å². The van der Waals surface area contributed by atoms with E-state index in [1.165, 1.54) is 24.5 Å². The quantitative estimate of drug-likeness (QED) is 0.408. The average Bonchev–Trinajstić information content (AvgIpc) is 2.92. The molecule has 0 spiro atoms. The molecule has 152 valence electrons. The number of nitrogens with two attached hydrogens (primary N) is 1. The maximum absolute atomic E-state index is 12.2. The number of ketones is 1. The van der Waals surface area contributed by atoms with Crippen LogP contribution in [0.1, 0.15) is 41.6 Å². The molecule has 8 nitrogen and oxygen atoms in total. The Labute approximate surface area is 171 Å². The Morgan fingerprint density at radius 1 is 1.38 bits per heavy atom. The second-order valence-corrected chi connectivity index (χ2v) is 7.49. The standard InChI is InChI=1S/C20H22N4O4S/c1-28-10-15(25)13-11-29-19-12(9-17(26)24-18(13)19)6-7-16(21)23-20(27)14-5-3-2-4-8-22-14/h5,8-9,11H,2-4,6-7,10H2,1H3,(H,24,26)(H2,21,23,27). The maximum Gasteiger partial charge on any atom is 0.296 e. The number of fused-ring (bicyclic) bond motifs is 1. The number of rotatable bonds is 7. The van der Waals surface area contributed by atoms with Crippen LogP contribution < -0.4 is 11.3 Å². The average molecular weight is 414 g/mol. The predicted octanol–water partition coefficient (Wildman–Crippen LogP) is 2.37. The molecule has 0 aromatic carbocycles. The van der Waals surface area contributed by atoms with E-state index in [1.807, 2.05) is 0 Å². The molecule has 0 aliphatic carbocycles. The summed E-state index contributed by atoms with van der Waals surface area (Å²) in [5.41, 5.74) is 7.63. The zero-order chi connectivity index (χ0) is 20.8. The molecule has 0 atom stereocenters. The number of amidine groups is 1. The Kier molecular flexibility index (Phi) is 6.84. The first-order valence-electron chi connectivity index (χ1n) is 9.25. The van der Waals surface area contributed by atoms with Crippen LogP contribution in [0.2, 0.25) is 0 Å². The van der Waals surface area contributed by atoms with Gasteiger partial charge in [-0.1, -0.05) is 6.08 Å². The number of methoxy groups -OCH3 is 1. The van der Waals surface area contributed by atoms with E-state index < -0.39 is 5.91 Å². The lowest BCUT2D eigenvalue weighted by Gasteiger charge is -2.04. The van der Waals surface area contributed by atoms with Crippen LogP contribution in [0.4, 0.5) is 0 Å². The molecule has 1 amide bonds. The number of thiophene rings is 1. The molecule has 9 heteroatoms. The number of ether oxygens (including phenoxy) is 1. The van der Waals surface area contributed by atoms with Gasteiger partial charge in [0, 0.05) is 31.2 Å². The minimum atomic E-state index is -0.458. The van der Waals surface area contributed by atoms with Gasteiger partial charge in [-0.25, -0.2) is 0 Å². The lowest BCUT2D eigenvalue weighted by atomic mass is 10.1. The summed E-state index contributed by atoms with van der Waals surface area (Å²) >= 11 is 1.37. The van der Waals surface area contributed by atoms with Crippen LogP contribution in [-0.4, -0.2) is 42.4 Å². The third-order valence-electron chi connectivity index (χ3n) is 4.43. The van der Waals surface area contributed by atoms with Crippen LogP contribution in [0, 0.1) is 0 Å². The predicted molar refractivity (Wildman–Crippen MR) is 114 cm³/mol. The summed E-state index contributed by atoms with van der Waals surface area (Å²) in [6.45, 7) is -0.0574. The molecule has 29 heavy (non-hydrogen) atoms. The molecule has 0 radical (unpaired) electrons. The SMILES string of the molecule is COCC(=O)c1csc2c(CCC(N)=NC(=O)C3=CCCCC=N3)cc(=O)[nH]c12. The minimum Gasteiger partial charge on any atom is -0.387 e. The number of Topliss-reactive ketones (excluding diaryl/α,β-unsaturated/α-hetero) is 1. The van der Waals surface area contributed by atoms with Crippen molar-refractivity contribution in [3.8, 4) is 0 Å². The van der Waals surface area contributed by atoms with Crippen molar-refractivity contribution in [3.63, 3.8) is 0 Å². The Morgan fingerprint density at radius 3 is 3.00 bits per heavy atom. The normalized spacial score (nSPS) is 14.7. The summed E-state index contributed by atoms with van der Waals surface area (Å²) in [4.78, 5) is 47.2. The third kappa shape index (κ3) is 5.12. The molecule has 3 N–H and O–H groups in total. The highest BCUT2D eigenvalue weighted by atomic mass is 32.1. The monoisotopic (exact) mass is 414 g/mol. The van der Waals surface area contributed by atoms with Gasteiger partial charge in [0.05, 0.1) is 15.8 Å². The van der Waals surface area contributed by atoms with Gasteiger partial charge in [-0.05, 0) is 31.2 Å². The van der Waals surface area contributed by atoms with Gasteiger partial charge in [0.1, 0.15) is 18.1 Å². The highest BCUT2D eigenvalue weighted by molar-refractivity contribution is 7.17. The zero-order valence-electron chi connectivity index (χ0n) is 16.1. The Bertz CT molecular complexity index is 1080. The van der Waals surface area contributed by atoms with E-state index in [-0.39, 0.29) is 23.8 Å². The molecule has 0 bridgehead atoms. The van der Waals surface area contributed by atoms with Crippen LogP contribution in [0.25, 0.3) is 10.2 Å². The molecule has 2 aromatic heterocycles. The van der Waals surface area contributed by atoms with Crippen LogP contribution in [-0.2, 0) is 16.0 Å². The molecule has 2 aromatic rings. The van der Waals surface area contributed by atoms with E-state index in [0.717, 1.165) is 29.5 Å². The van der Waals surface area contributed by atoms with E-state index in [2.05, 4.69) is 15.0 Å². The number of amides is 1. The number of nitrogens with one attached hydrogen (secondary N) is 1. The number of aliphatic imine (C=N–C) groups is 2. The fourth-order valence-corrected chi connectivity index (χ4v) is 4.09. The molecule has 0 fully saturated rings. The number of H-pyrrole nitrogens is 1. The number of carbonyl (C=O) groups is 2. The minimum absolute atomic E-state index is 0.0574. The van der Waals surface area contributed by atoms with Crippen molar-refractivity contribution >= 4 is 45.3 Å². The van der Waals surface area contributed by atoms with Gasteiger partial charge in [0.15, 0.2) is 5.78 Å². The molecule has 0 saturated carbocycles. The zero-order valence-corrected chi connectivity index (χ0v) is 16.9. The van der Waals surface area contributed by atoms with Gasteiger partial charge in [-0.3, -0.25) is 19.4 Å². The molecule has 1 aliphatic heterocycles. The van der Waals surface area contributed by atoms with E-state index >= 15 is 0 Å². The van der Waals surface area contributed by atoms with Crippen molar-refractivity contribution in [2.24, 2.45) is 15.7 Å². The van der Waals surface area contributed by atoms with E-state index in [0.29, 0.717) is 29.6 Å². The summed E-state index contributed by atoms with van der Waals surface area (Å²) < 4.78 is 5.70. The van der Waals surface area contributed by atoms with E-state index in [1.54, 1.807) is 17.7 Å². The third-order valence-corrected chi connectivity index (χ3v) is 5.49. The van der Waals surface area contributed by atoms with Crippen molar-refractivity contribution in [1.29, 1.82) is 0 Å². The molecule has 0 saturated heterocycles. The summed E-state index contributed by atoms with van der Waals surface area (Å²) in [7, 11) is 1.44. The van der Waals surface area contributed by atoms with Gasteiger partial charge in [-0.2, -0.15) is 4.99 Å². The Hall–Kier alpha value is -2.91. The van der Waals surface area contributed by atoms with Crippen molar-refractivity contribution in [2.45, 2.75) is 32.1 Å². The molecular weight excluding hydrogens is 392 g/mol. The molecule has 0 unspecified atom stereocenters. The lowest BCUT2D eigenvalue weighted by molar-refractivity contribution is -0.114. The summed E-state index contributed by atoms with van der Waals surface area (Å²) in [5.74, 6) is -0.480. The molecular formula is C20H22N4O4S. The fraction of sp³-hybridized carbons (Fsp3) is 0.350. The number of pyridine rings is 1. The smallest absolute Gasteiger partial charge is 0.296 e. The summed E-state index contributed by atoms with van der Waals surface area (Å²) in [5, 5.41) is 1.71. The highest BCUT2D eigenvalue weighted by Gasteiger charge is 2.16. The second kappa shape index (κ2) is 9.53. The molecule has 1 aliphatic rings.